The SMILES string of the molecule is CCCCc1ccc(-n2ccc(C(=O)O)c2C)cc1. The van der Waals surface area contributed by atoms with Gasteiger partial charge in [0.1, 0.15) is 0 Å². The minimum Gasteiger partial charge on any atom is -0.478 e. The number of rotatable bonds is 5. The highest BCUT2D eigenvalue weighted by molar-refractivity contribution is 5.89. The van der Waals surface area contributed by atoms with E-state index in [0.717, 1.165) is 17.8 Å². The van der Waals surface area contributed by atoms with E-state index < -0.39 is 5.97 Å². The maximum atomic E-state index is 11.0. The van der Waals surface area contributed by atoms with Crippen molar-refractivity contribution in [3.05, 3.63) is 53.3 Å². The summed E-state index contributed by atoms with van der Waals surface area (Å²) in [6.07, 6.45) is 5.30. The standard InChI is InChI=1S/C16H19NO2/c1-3-4-5-13-6-8-14(9-7-13)17-11-10-15(12(17)2)16(18)19/h6-11H,3-5H2,1-2H3,(H,18,19). The highest BCUT2D eigenvalue weighted by atomic mass is 16.4. The predicted octanol–water partition coefficient (Wildman–Crippen LogP) is 3.83. The molecule has 2 aromatic rings. The van der Waals surface area contributed by atoms with E-state index in [2.05, 4.69) is 19.1 Å². The topological polar surface area (TPSA) is 42.2 Å². The lowest BCUT2D eigenvalue weighted by Crippen LogP contribution is -2.01. The molecular weight excluding hydrogens is 238 g/mol. The van der Waals surface area contributed by atoms with Gasteiger partial charge in [-0.2, -0.15) is 0 Å². The average Bonchev–Trinajstić information content (AvgIpc) is 2.79. The molecule has 1 heterocycles. The molecule has 0 saturated carbocycles. The molecule has 0 amide bonds. The van der Waals surface area contributed by atoms with Gasteiger partial charge in [-0.05, 0) is 43.5 Å². The van der Waals surface area contributed by atoms with Crippen LogP contribution in [0.5, 0.6) is 0 Å². The molecule has 0 radical (unpaired) electrons. The fraction of sp³-hybridized carbons (Fsp3) is 0.312. The van der Waals surface area contributed by atoms with Crippen molar-refractivity contribution in [2.24, 2.45) is 0 Å². The van der Waals surface area contributed by atoms with Crippen LogP contribution in [-0.2, 0) is 6.42 Å². The first-order valence-corrected chi connectivity index (χ1v) is 6.64. The Balaban J connectivity index is 2.25. The number of aromatic nitrogens is 1. The van der Waals surface area contributed by atoms with Gasteiger partial charge in [-0.3, -0.25) is 0 Å². The van der Waals surface area contributed by atoms with Crippen molar-refractivity contribution in [3.63, 3.8) is 0 Å². The molecular formula is C16H19NO2. The normalized spacial score (nSPS) is 10.6. The third-order valence-corrected chi connectivity index (χ3v) is 3.41. The second-order valence-corrected chi connectivity index (χ2v) is 4.76. The summed E-state index contributed by atoms with van der Waals surface area (Å²) in [7, 11) is 0. The summed E-state index contributed by atoms with van der Waals surface area (Å²) in [5.74, 6) is -0.879. The van der Waals surface area contributed by atoms with Crippen molar-refractivity contribution in [2.45, 2.75) is 33.1 Å². The molecule has 1 N–H and O–H groups in total. The second-order valence-electron chi connectivity index (χ2n) is 4.76. The van der Waals surface area contributed by atoms with Crippen LogP contribution in [0.3, 0.4) is 0 Å². The lowest BCUT2D eigenvalue weighted by atomic mass is 10.1. The number of nitrogens with zero attached hydrogens (tertiary/aromatic N) is 1. The van der Waals surface area contributed by atoms with Gasteiger partial charge in [-0.1, -0.05) is 25.5 Å². The summed E-state index contributed by atoms with van der Waals surface area (Å²) in [6.45, 7) is 4.01. The molecule has 0 spiro atoms. The molecule has 0 aliphatic rings. The molecule has 3 nitrogen and oxygen atoms in total. The maximum Gasteiger partial charge on any atom is 0.337 e. The van der Waals surface area contributed by atoms with E-state index in [9.17, 15) is 4.79 Å². The molecule has 3 heteroatoms. The van der Waals surface area contributed by atoms with Crippen molar-refractivity contribution in [1.82, 2.24) is 4.57 Å². The molecule has 0 aliphatic carbocycles. The number of unbranched alkanes of at least 4 members (excludes halogenated alkanes) is 1. The van der Waals surface area contributed by atoms with Crippen LogP contribution in [0.15, 0.2) is 36.5 Å². The molecule has 0 unspecified atom stereocenters. The average molecular weight is 257 g/mol. The summed E-state index contributed by atoms with van der Waals surface area (Å²) in [6, 6.07) is 9.96. The van der Waals surface area contributed by atoms with Crippen LogP contribution in [0.4, 0.5) is 0 Å². The second kappa shape index (κ2) is 5.74. The Morgan fingerprint density at radius 1 is 1.21 bits per heavy atom. The lowest BCUT2D eigenvalue weighted by Gasteiger charge is -2.08. The van der Waals surface area contributed by atoms with Gasteiger partial charge in [0.15, 0.2) is 0 Å². The molecule has 0 bridgehead atoms. The van der Waals surface area contributed by atoms with Crippen LogP contribution in [0, 0.1) is 6.92 Å². The largest absolute Gasteiger partial charge is 0.478 e. The Bertz CT molecular complexity index is 567. The number of carboxylic acids is 1. The number of hydrogen-bond donors (Lipinski definition) is 1. The van der Waals surface area contributed by atoms with Crippen molar-refractivity contribution < 1.29 is 9.90 Å². The van der Waals surface area contributed by atoms with E-state index in [1.54, 1.807) is 12.3 Å². The monoisotopic (exact) mass is 257 g/mol. The molecule has 0 saturated heterocycles. The van der Waals surface area contributed by atoms with Gasteiger partial charge >= 0.3 is 5.97 Å². The molecule has 1 aromatic carbocycles. The van der Waals surface area contributed by atoms with Crippen LogP contribution in [0.1, 0.15) is 41.4 Å². The van der Waals surface area contributed by atoms with Crippen molar-refractivity contribution >= 4 is 5.97 Å². The van der Waals surface area contributed by atoms with Gasteiger partial charge in [0.2, 0.25) is 0 Å². The minimum atomic E-state index is -0.879. The van der Waals surface area contributed by atoms with E-state index in [-0.39, 0.29) is 0 Å². The summed E-state index contributed by atoms with van der Waals surface area (Å²) >= 11 is 0. The van der Waals surface area contributed by atoms with Crippen molar-refractivity contribution in [2.75, 3.05) is 0 Å². The lowest BCUT2D eigenvalue weighted by molar-refractivity contribution is 0.0696. The van der Waals surface area contributed by atoms with Gasteiger partial charge in [0.05, 0.1) is 5.56 Å². The zero-order valence-electron chi connectivity index (χ0n) is 11.4. The highest BCUT2D eigenvalue weighted by Gasteiger charge is 2.11. The molecule has 19 heavy (non-hydrogen) atoms. The molecule has 100 valence electrons. The minimum absolute atomic E-state index is 0.357. The molecule has 0 atom stereocenters. The number of hydrogen-bond acceptors (Lipinski definition) is 1. The van der Waals surface area contributed by atoms with E-state index in [1.807, 2.05) is 23.6 Å². The Morgan fingerprint density at radius 2 is 1.89 bits per heavy atom. The van der Waals surface area contributed by atoms with Gasteiger partial charge in [-0.15, -0.1) is 0 Å². The van der Waals surface area contributed by atoms with Crippen LogP contribution < -0.4 is 0 Å². The van der Waals surface area contributed by atoms with E-state index in [4.69, 9.17) is 5.11 Å². The first kappa shape index (κ1) is 13.4. The summed E-state index contributed by atoms with van der Waals surface area (Å²) in [4.78, 5) is 11.0. The fourth-order valence-electron chi connectivity index (χ4n) is 2.22. The van der Waals surface area contributed by atoms with Crippen molar-refractivity contribution in [1.29, 1.82) is 0 Å². The van der Waals surface area contributed by atoms with E-state index in [0.29, 0.717) is 5.56 Å². The molecule has 0 fully saturated rings. The Morgan fingerprint density at radius 3 is 2.42 bits per heavy atom. The Labute approximate surface area is 113 Å². The van der Waals surface area contributed by atoms with Crippen LogP contribution >= 0.6 is 0 Å². The summed E-state index contributed by atoms with van der Waals surface area (Å²) in [5, 5.41) is 9.05. The first-order chi connectivity index (χ1) is 9.13. The number of aromatic carboxylic acids is 1. The summed E-state index contributed by atoms with van der Waals surface area (Å²) in [5.41, 5.74) is 3.45. The van der Waals surface area contributed by atoms with Gasteiger partial charge in [-0.25, -0.2) is 4.79 Å². The van der Waals surface area contributed by atoms with Gasteiger partial charge < -0.3 is 9.67 Å². The van der Waals surface area contributed by atoms with Gasteiger partial charge in [0, 0.05) is 17.6 Å². The predicted molar refractivity (Wildman–Crippen MR) is 76.1 cm³/mol. The number of benzene rings is 1. The van der Waals surface area contributed by atoms with Crippen LogP contribution in [0.25, 0.3) is 5.69 Å². The summed E-state index contributed by atoms with van der Waals surface area (Å²) < 4.78 is 1.91. The van der Waals surface area contributed by atoms with Crippen LogP contribution in [0.2, 0.25) is 0 Å². The molecule has 0 aliphatic heterocycles. The molecule has 1 aromatic heterocycles. The smallest absolute Gasteiger partial charge is 0.337 e. The fourth-order valence-corrected chi connectivity index (χ4v) is 2.22. The van der Waals surface area contributed by atoms with Gasteiger partial charge in [0.25, 0.3) is 0 Å². The first-order valence-electron chi connectivity index (χ1n) is 6.64. The van der Waals surface area contributed by atoms with Crippen LogP contribution in [-0.4, -0.2) is 15.6 Å². The molecule has 2 rings (SSSR count). The van der Waals surface area contributed by atoms with E-state index in [1.165, 1.54) is 18.4 Å². The third kappa shape index (κ3) is 2.87. The highest BCUT2D eigenvalue weighted by Crippen LogP contribution is 2.18. The zero-order valence-corrected chi connectivity index (χ0v) is 11.4. The van der Waals surface area contributed by atoms with Crippen molar-refractivity contribution in [3.8, 4) is 5.69 Å². The quantitative estimate of drug-likeness (QED) is 0.884. The zero-order chi connectivity index (χ0) is 13.8. The maximum absolute atomic E-state index is 11.0. The number of aryl methyl sites for hydroxylation is 1. The number of carbonyl (C=O) groups is 1. The number of carboxylic acid groups (broad SMARTS) is 1. The Kier molecular flexibility index (Phi) is 4.05. The van der Waals surface area contributed by atoms with E-state index >= 15 is 0 Å². The third-order valence-electron chi connectivity index (χ3n) is 3.41. The Hall–Kier alpha value is -2.03.